The van der Waals surface area contributed by atoms with E-state index in [1.807, 2.05) is 12.1 Å². The number of ether oxygens (including phenoxy) is 2. The Balaban J connectivity index is 2.05. The first kappa shape index (κ1) is 11.3. The molecule has 1 unspecified atom stereocenters. The van der Waals surface area contributed by atoms with E-state index in [1.165, 1.54) is 0 Å². The van der Waals surface area contributed by atoms with Crippen molar-refractivity contribution < 1.29 is 14.6 Å². The summed E-state index contributed by atoms with van der Waals surface area (Å²) in [6.45, 7) is 5.56. The van der Waals surface area contributed by atoms with Crippen molar-refractivity contribution in [2.45, 2.75) is 26.4 Å². The van der Waals surface area contributed by atoms with Gasteiger partial charge in [-0.2, -0.15) is 0 Å². The Kier molecular flexibility index (Phi) is 3.34. The van der Waals surface area contributed by atoms with Crippen molar-refractivity contribution in [2.75, 3.05) is 13.2 Å². The predicted octanol–water partition coefficient (Wildman–Crippen LogP) is 2.37. The lowest BCUT2D eigenvalue weighted by Crippen LogP contribution is -2.05. The highest BCUT2D eigenvalue weighted by atomic mass is 16.6. The zero-order valence-electron chi connectivity index (χ0n) is 9.77. The molecule has 3 heteroatoms. The van der Waals surface area contributed by atoms with Crippen molar-refractivity contribution in [3.8, 4) is 11.5 Å². The monoisotopic (exact) mass is 222 g/mol. The third-order valence-corrected chi connectivity index (χ3v) is 2.54. The molecule has 1 aromatic rings. The normalized spacial score (nSPS) is 18.8. The molecule has 1 heterocycles. The van der Waals surface area contributed by atoms with Gasteiger partial charge in [0, 0.05) is 0 Å². The van der Waals surface area contributed by atoms with E-state index in [9.17, 15) is 5.11 Å². The summed E-state index contributed by atoms with van der Waals surface area (Å²) in [4.78, 5) is 0. The number of epoxide rings is 1. The van der Waals surface area contributed by atoms with Gasteiger partial charge >= 0.3 is 0 Å². The van der Waals surface area contributed by atoms with Crippen LogP contribution in [-0.4, -0.2) is 24.4 Å². The van der Waals surface area contributed by atoms with Crippen LogP contribution in [0.15, 0.2) is 18.2 Å². The highest BCUT2D eigenvalue weighted by molar-refractivity contribution is 5.45. The van der Waals surface area contributed by atoms with Gasteiger partial charge in [0.1, 0.15) is 12.7 Å². The Morgan fingerprint density at radius 2 is 2.25 bits per heavy atom. The molecule has 0 saturated carbocycles. The van der Waals surface area contributed by atoms with E-state index < -0.39 is 0 Å². The van der Waals surface area contributed by atoms with Crippen LogP contribution in [0.5, 0.6) is 11.5 Å². The maximum absolute atomic E-state index is 10.0. The minimum atomic E-state index is 0.216. The molecule has 3 nitrogen and oxygen atoms in total. The quantitative estimate of drug-likeness (QED) is 0.778. The van der Waals surface area contributed by atoms with Crippen LogP contribution in [0.3, 0.4) is 0 Å². The summed E-state index contributed by atoms with van der Waals surface area (Å²) >= 11 is 0. The van der Waals surface area contributed by atoms with Gasteiger partial charge < -0.3 is 14.6 Å². The molecule has 1 aromatic carbocycles. The highest BCUT2D eigenvalue weighted by Crippen LogP contribution is 2.31. The number of benzene rings is 1. The molecule has 1 N–H and O–H groups in total. The van der Waals surface area contributed by atoms with E-state index in [2.05, 4.69) is 13.8 Å². The van der Waals surface area contributed by atoms with E-state index in [4.69, 9.17) is 9.47 Å². The van der Waals surface area contributed by atoms with Crippen LogP contribution in [0.4, 0.5) is 0 Å². The van der Waals surface area contributed by atoms with Gasteiger partial charge in [0.15, 0.2) is 11.5 Å². The molecule has 0 amide bonds. The minimum Gasteiger partial charge on any atom is -0.504 e. The first-order valence-corrected chi connectivity index (χ1v) is 5.72. The minimum absolute atomic E-state index is 0.216. The van der Waals surface area contributed by atoms with Crippen molar-refractivity contribution >= 4 is 0 Å². The van der Waals surface area contributed by atoms with Crippen molar-refractivity contribution in [2.24, 2.45) is 5.92 Å². The summed E-state index contributed by atoms with van der Waals surface area (Å²) in [6.07, 6.45) is 1.08. The number of hydrogen-bond acceptors (Lipinski definition) is 3. The SMILES string of the molecule is CC(C)Cc1cccc(OCC2CO2)c1O. The molecule has 2 rings (SSSR count). The second kappa shape index (κ2) is 4.74. The molecule has 0 bridgehead atoms. The molecule has 1 atom stereocenters. The van der Waals surface area contributed by atoms with Gasteiger partial charge in [0.2, 0.25) is 0 Å². The lowest BCUT2D eigenvalue weighted by Gasteiger charge is -2.11. The average Bonchev–Trinajstić information content (AvgIpc) is 3.02. The van der Waals surface area contributed by atoms with Gasteiger partial charge in [0.05, 0.1) is 6.61 Å². The number of rotatable bonds is 5. The number of phenols is 1. The summed E-state index contributed by atoms with van der Waals surface area (Å²) in [5.41, 5.74) is 0.948. The Labute approximate surface area is 96.0 Å². The Hall–Kier alpha value is -1.22. The van der Waals surface area contributed by atoms with Gasteiger partial charge in [-0.05, 0) is 24.0 Å². The summed E-state index contributed by atoms with van der Waals surface area (Å²) in [6, 6.07) is 5.65. The van der Waals surface area contributed by atoms with Crippen LogP contribution < -0.4 is 4.74 Å². The molecule has 1 aliphatic rings. The van der Waals surface area contributed by atoms with Crippen LogP contribution >= 0.6 is 0 Å². The number of hydrogen-bond donors (Lipinski definition) is 1. The fourth-order valence-electron chi connectivity index (χ4n) is 1.64. The van der Waals surface area contributed by atoms with Crippen molar-refractivity contribution in [3.05, 3.63) is 23.8 Å². The largest absolute Gasteiger partial charge is 0.504 e. The molecular formula is C13H18O3. The second-order valence-corrected chi connectivity index (χ2v) is 4.63. The number of phenolic OH excluding ortho intramolecular Hbond substituents is 1. The van der Waals surface area contributed by atoms with Gasteiger partial charge in [0.25, 0.3) is 0 Å². The highest BCUT2D eigenvalue weighted by Gasteiger charge is 2.23. The zero-order chi connectivity index (χ0) is 11.5. The molecule has 0 spiro atoms. The van der Waals surface area contributed by atoms with Crippen LogP contribution in [0, 0.1) is 5.92 Å². The third kappa shape index (κ3) is 2.89. The number of para-hydroxylation sites is 1. The lowest BCUT2D eigenvalue weighted by molar-refractivity contribution is 0.253. The molecule has 0 aromatic heterocycles. The van der Waals surface area contributed by atoms with Crippen LogP contribution in [-0.2, 0) is 11.2 Å². The summed E-state index contributed by atoms with van der Waals surface area (Å²) in [5.74, 6) is 1.36. The van der Waals surface area contributed by atoms with Crippen molar-refractivity contribution in [1.82, 2.24) is 0 Å². The first-order chi connectivity index (χ1) is 7.66. The summed E-state index contributed by atoms with van der Waals surface area (Å²) in [5, 5.41) is 10.0. The fraction of sp³-hybridized carbons (Fsp3) is 0.538. The van der Waals surface area contributed by atoms with Gasteiger partial charge in [-0.1, -0.05) is 26.0 Å². The topological polar surface area (TPSA) is 42.0 Å². The zero-order valence-corrected chi connectivity index (χ0v) is 9.77. The smallest absolute Gasteiger partial charge is 0.161 e. The van der Waals surface area contributed by atoms with Gasteiger partial charge in [-0.15, -0.1) is 0 Å². The van der Waals surface area contributed by atoms with E-state index in [0.29, 0.717) is 18.3 Å². The number of aromatic hydroxyl groups is 1. The van der Waals surface area contributed by atoms with Gasteiger partial charge in [-0.25, -0.2) is 0 Å². The lowest BCUT2D eigenvalue weighted by atomic mass is 10.0. The van der Waals surface area contributed by atoms with E-state index in [1.54, 1.807) is 6.07 Å². The van der Waals surface area contributed by atoms with Crippen molar-refractivity contribution in [3.63, 3.8) is 0 Å². The molecule has 1 aliphatic heterocycles. The maximum atomic E-state index is 10.0. The van der Waals surface area contributed by atoms with Crippen molar-refractivity contribution in [1.29, 1.82) is 0 Å². The molecule has 1 saturated heterocycles. The first-order valence-electron chi connectivity index (χ1n) is 5.72. The third-order valence-electron chi connectivity index (χ3n) is 2.54. The van der Waals surface area contributed by atoms with E-state index in [0.717, 1.165) is 18.6 Å². The predicted molar refractivity (Wildman–Crippen MR) is 61.9 cm³/mol. The molecular weight excluding hydrogens is 204 g/mol. The van der Waals surface area contributed by atoms with E-state index in [-0.39, 0.29) is 11.9 Å². The summed E-state index contributed by atoms with van der Waals surface area (Å²) < 4.78 is 10.6. The fourth-order valence-corrected chi connectivity index (χ4v) is 1.64. The molecule has 16 heavy (non-hydrogen) atoms. The molecule has 0 radical (unpaired) electrons. The molecule has 0 aliphatic carbocycles. The van der Waals surface area contributed by atoms with Crippen LogP contribution in [0.1, 0.15) is 19.4 Å². The van der Waals surface area contributed by atoms with Crippen LogP contribution in [0.2, 0.25) is 0 Å². The standard InChI is InChI=1S/C13H18O3/c1-9(2)6-10-4-3-5-12(13(10)14)16-8-11-7-15-11/h3-5,9,11,14H,6-8H2,1-2H3. The molecule has 88 valence electrons. The Bertz CT molecular complexity index is 356. The second-order valence-electron chi connectivity index (χ2n) is 4.63. The van der Waals surface area contributed by atoms with E-state index >= 15 is 0 Å². The Morgan fingerprint density at radius 3 is 2.88 bits per heavy atom. The maximum Gasteiger partial charge on any atom is 0.161 e. The van der Waals surface area contributed by atoms with Gasteiger partial charge in [-0.3, -0.25) is 0 Å². The van der Waals surface area contributed by atoms with Crippen LogP contribution in [0.25, 0.3) is 0 Å². The molecule has 1 fully saturated rings. The summed E-state index contributed by atoms with van der Waals surface area (Å²) in [7, 11) is 0. The average molecular weight is 222 g/mol. The Morgan fingerprint density at radius 1 is 1.50 bits per heavy atom.